The molecule has 1 aromatic rings. The summed E-state index contributed by atoms with van der Waals surface area (Å²) < 4.78 is 26.5. The predicted octanol–water partition coefficient (Wildman–Crippen LogP) is 2.86. The van der Waals surface area contributed by atoms with E-state index in [1.165, 1.54) is 4.31 Å². The maximum Gasteiger partial charge on any atom is 0.304 e. The molecule has 0 saturated carbocycles. The third-order valence-electron chi connectivity index (χ3n) is 3.41. The van der Waals surface area contributed by atoms with Gasteiger partial charge in [0, 0.05) is 13.1 Å². The van der Waals surface area contributed by atoms with Crippen molar-refractivity contribution in [3.05, 3.63) is 29.8 Å². The van der Waals surface area contributed by atoms with Crippen molar-refractivity contribution in [3.8, 4) is 0 Å². The smallest absolute Gasteiger partial charge is 0.304 e. The summed E-state index contributed by atoms with van der Waals surface area (Å²) in [5, 5.41) is 8.77. The first kappa shape index (κ1) is 18.6. The van der Waals surface area contributed by atoms with Gasteiger partial charge in [-0.2, -0.15) is 4.31 Å². The fraction of sp³-hybridized carbons (Fsp3) is 0.562. The molecule has 0 radical (unpaired) electrons. The molecule has 0 spiro atoms. The van der Waals surface area contributed by atoms with Crippen molar-refractivity contribution in [2.45, 2.75) is 50.8 Å². The van der Waals surface area contributed by atoms with Gasteiger partial charge in [-0.25, -0.2) is 8.42 Å². The molecular weight excluding hydrogens is 302 g/mol. The molecule has 0 amide bonds. The highest BCUT2D eigenvalue weighted by molar-refractivity contribution is 7.89. The summed E-state index contributed by atoms with van der Waals surface area (Å²) in [6.07, 6.45) is 0.443. The summed E-state index contributed by atoms with van der Waals surface area (Å²) in [5.74, 6) is -1.00. The molecule has 0 atom stereocenters. The molecule has 6 heteroatoms. The molecule has 1 rings (SSSR count). The number of carboxylic acids is 1. The van der Waals surface area contributed by atoms with E-state index in [9.17, 15) is 13.2 Å². The fourth-order valence-corrected chi connectivity index (χ4v) is 3.63. The van der Waals surface area contributed by atoms with Gasteiger partial charge in [-0.3, -0.25) is 4.79 Å². The quantitative estimate of drug-likeness (QED) is 0.835. The van der Waals surface area contributed by atoms with E-state index in [1.807, 2.05) is 19.1 Å². The molecule has 0 heterocycles. The lowest BCUT2D eigenvalue weighted by Crippen LogP contribution is -2.33. The number of sulfonamides is 1. The van der Waals surface area contributed by atoms with Crippen LogP contribution in [0, 0.1) is 0 Å². The Morgan fingerprint density at radius 1 is 1.14 bits per heavy atom. The second-order valence-corrected chi connectivity index (χ2v) is 8.26. The van der Waals surface area contributed by atoms with Crippen LogP contribution in [0.15, 0.2) is 29.2 Å². The standard InChI is InChI=1S/C16H25NO4S/c1-5-11-17(12-10-15(18)19)22(20,21)14-8-6-13(7-9-14)16(2,3)4/h6-9H,5,10-12H2,1-4H3,(H,18,19). The summed E-state index contributed by atoms with van der Waals surface area (Å²) in [4.78, 5) is 10.9. The number of hydrogen-bond acceptors (Lipinski definition) is 3. The molecule has 0 aromatic heterocycles. The molecule has 0 fully saturated rings. The highest BCUT2D eigenvalue weighted by atomic mass is 32.2. The van der Waals surface area contributed by atoms with Crippen LogP contribution in [0.4, 0.5) is 0 Å². The zero-order chi connectivity index (χ0) is 17.0. The van der Waals surface area contributed by atoms with Crippen molar-refractivity contribution in [2.75, 3.05) is 13.1 Å². The predicted molar refractivity (Wildman–Crippen MR) is 86.4 cm³/mol. The zero-order valence-electron chi connectivity index (χ0n) is 13.7. The molecule has 22 heavy (non-hydrogen) atoms. The molecule has 0 aliphatic heterocycles. The number of carbonyl (C=O) groups is 1. The number of carboxylic acid groups (broad SMARTS) is 1. The van der Waals surface area contributed by atoms with E-state index in [0.29, 0.717) is 13.0 Å². The minimum Gasteiger partial charge on any atom is -0.481 e. The van der Waals surface area contributed by atoms with E-state index in [-0.39, 0.29) is 23.3 Å². The van der Waals surface area contributed by atoms with Gasteiger partial charge in [-0.15, -0.1) is 0 Å². The molecule has 0 aliphatic carbocycles. The molecule has 0 saturated heterocycles. The summed E-state index contributed by atoms with van der Waals surface area (Å²) in [7, 11) is -3.65. The SMILES string of the molecule is CCCN(CCC(=O)O)S(=O)(=O)c1ccc(C(C)(C)C)cc1. The molecule has 1 N–H and O–H groups in total. The van der Waals surface area contributed by atoms with Crippen LogP contribution in [0.2, 0.25) is 0 Å². The summed E-state index contributed by atoms with van der Waals surface area (Å²) >= 11 is 0. The topological polar surface area (TPSA) is 74.7 Å². The van der Waals surface area contributed by atoms with E-state index in [2.05, 4.69) is 20.8 Å². The maximum absolute atomic E-state index is 12.6. The minimum atomic E-state index is -3.65. The van der Waals surface area contributed by atoms with Crippen LogP contribution in [0.5, 0.6) is 0 Å². The summed E-state index contributed by atoms with van der Waals surface area (Å²) in [6, 6.07) is 6.82. The molecule has 124 valence electrons. The highest BCUT2D eigenvalue weighted by Crippen LogP contribution is 2.24. The zero-order valence-corrected chi connectivity index (χ0v) is 14.5. The second kappa shape index (κ2) is 7.24. The number of benzene rings is 1. The molecule has 1 aromatic carbocycles. The monoisotopic (exact) mass is 327 g/mol. The van der Waals surface area contributed by atoms with Crippen molar-refractivity contribution in [1.82, 2.24) is 4.31 Å². The first-order chi connectivity index (χ1) is 10.1. The lowest BCUT2D eigenvalue weighted by atomic mass is 9.87. The van der Waals surface area contributed by atoms with Crippen LogP contribution in [0.3, 0.4) is 0 Å². The van der Waals surface area contributed by atoms with E-state index in [4.69, 9.17) is 5.11 Å². The van der Waals surface area contributed by atoms with Gasteiger partial charge >= 0.3 is 5.97 Å². The minimum absolute atomic E-state index is 0.00741. The average molecular weight is 327 g/mol. The Hall–Kier alpha value is -1.40. The molecule has 0 bridgehead atoms. The first-order valence-corrected chi connectivity index (χ1v) is 8.85. The largest absolute Gasteiger partial charge is 0.481 e. The van der Waals surface area contributed by atoms with E-state index in [0.717, 1.165) is 5.56 Å². The van der Waals surface area contributed by atoms with Gasteiger partial charge in [0.25, 0.3) is 0 Å². The Kier molecular flexibility index (Phi) is 6.14. The van der Waals surface area contributed by atoms with Crippen molar-refractivity contribution >= 4 is 16.0 Å². The summed E-state index contributed by atoms with van der Waals surface area (Å²) in [5.41, 5.74) is 1.01. The lowest BCUT2D eigenvalue weighted by Gasteiger charge is -2.22. The number of aliphatic carboxylic acids is 1. The second-order valence-electron chi connectivity index (χ2n) is 6.32. The first-order valence-electron chi connectivity index (χ1n) is 7.41. The Morgan fingerprint density at radius 3 is 2.09 bits per heavy atom. The van der Waals surface area contributed by atoms with Gasteiger partial charge in [0.15, 0.2) is 0 Å². The molecule has 0 unspecified atom stereocenters. The normalized spacial score (nSPS) is 12.6. The highest BCUT2D eigenvalue weighted by Gasteiger charge is 2.25. The van der Waals surface area contributed by atoms with Crippen molar-refractivity contribution in [1.29, 1.82) is 0 Å². The lowest BCUT2D eigenvalue weighted by molar-refractivity contribution is -0.137. The van der Waals surface area contributed by atoms with Crippen LogP contribution < -0.4 is 0 Å². The van der Waals surface area contributed by atoms with Gasteiger partial charge in [0.1, 0.15) is 0 Å². The Labute approximate surface area is 133 Å². The number of nitrogens with zero attached hydrogens (tertiary/aromatic N) is 1. The van der Waals surface area contributed by atoms with Gasteiger partial charge in [-0.05, 0) is 29.5 Å². The van der Waals surface area contributed by atoms with E-state index < -0.39 is 16.0 Å². The van der Waals surface area contributed by atoms with E-state index >= 15 is 0 Å². The van der Waals surface area contributed by atoms with Gasteiger partial charge in [0.2, 0.25) is 10.0 Å². The van der Waals surface area contributed by atoms with Crippen LogP contribution in [0.1, 0.15) is 46.1 Å². The number of rotatable bonds is 7. The fourth-order valence-electron chi connectivity index (χ4n) is 2.10. The van der Waals surface area contributed by atoms with Crippen molar-refractivity contribution < 1.29 is 18.3 Å². The average Bonchev–Trinajstić information content (AvgIpc) is 2.42. The van der Waals surface area contributed by atoms with Crippen LogP contribution in [0.25, 0.3) is 0 Å². The Balaban J connectivity index is 3.06. The summed E-state index contributed by atoms with van der Waals surface area (Å²) in [6.45, 7) is 8.36. The number of hydrogen-bond donors (Lipinski definition) is 1. The Bertz CT molecular complexity index is 600. The van der Waals surface area contributed by atoms with Crippen LogP contribution >= 0.6 is 0 Å². The van der Waals surface area contributed by atoms with Crippen LogP contribution in [-0.2, 0) is 20.2 Å². The third kappa shape index (κ3) is 4.81. The molecular formula is C16H25NO4S. The van der Waals surface area contributed by atoms with Gasteiger partial charge < -0.3 is 5.11 Å². The van der Waals surface area contributed by atoms with Crippen molar-refractivity contribution in [3.63, 3.8) is 0 Å². The Morgan fingerprint density at radius 2 is 1.68 bits per heavy atom. The molecule has 5 nitrogen and oxygen atoms in total. The van der Waals surface area contributed by atoms with Gasteiger partial charge in [-0.1, -0.05) is 39.8 Å². The maximum atomic E-state index is 12.6. The van der Waals surface area contributed by atoms with Gasteiger partial charge in [0.05, 0.1) is 11.3 Å². The van der Waals surface area contributed by atoms with Crippen molar-refractivity contribution in [2.24, 2.45) is 0 Å². The third-order valence-corrected chi connectivity index (χ3v) is 5.32. The van der Waals surface area contributed by atoms with Crippen LogP contribution in [-0.4, -0.2) is 36.9 Å². The molecule has 0 aliphatic rings. The van der Waals surface area contributed by atoms with E-state index in [1.54, 1.807) is 12.1 Å².